The minimum atomic E-state index is -0.523. The number of H-pyrrole nitrogens is 1. The highest BCUT2D eigenvalue weighted by atomic mass is 16.3. The molecule has 3 aromatic heterocycles. The van der Waals surface area contributed by atoms with Crippen molar-refractivity contribution in [3.8, 4) is 0 Å². The Balaban J connectivity index is 1.49. The number of pyridine rings is 1. The van der Waals surface area contributed by atoms with Gasteiger partial charge in [0.2, 0.25) is 0 Å². The van der Waals surface area contributed by atoms with Crippen LogP contribution in [0.15, 0.2) is 36.7 Å². The van der Waals surface area contributed by atoms with Crippen molar-refractivity contribution in [1.29, 1.82) is 0 Å². The summed E-state index contributed by atoms with van der Waals surface area (Å²) in [6.07, 6.45) is 3.62. The van der Waals surface area contributed by atoms with Crippen LogP contribution in [0, 0.1) is 12.8 Å². The van der Waals surface area contributed by atoms with Crippen LogP contribution in [0.25, 0.3) is 5.52 Å². The first kappa shape index (κ1) is 14.9. The molecule has 124 valence electrons. The quantitative estimate of drug-likeness (QED) is 0.753. The number of hydrogen-bond donors (Lipinski definition) is 2. The van der Waals surface area contributed by atoms with Gasteiger partial charge in [-0.2, -0.15) is 10.2 Å². The van der Waals surface area contributed by atoms with Crippen LogP contribution >= 0.6 is 0 Å². The summed E-state index contributed by atoms with van der Waals surface area (Å²) in [5.74, 6) is -0.0474. The Labute approximate surface area is 138 Å². The maximum Gasteiger partial charge on any atom is 0.254 e. The minimum Gasteiger partial charge on any atom is -0.391 e. The van der Waals surface area contributed by atoms with E-state index >= 15 is 0 Å². The van der Waals surface area contributed by atoms with Gasteiger partial charge in [-0.25, -0.2) is 4.52 Å². The zero-order chi connectivity index (χ0) is 16.7. The highest BCUT2D eigenvalue weighted by Crippen LogP contribution is 2.23. The maximum absolute atomic E-state index is 12.7. The van der Waals surface area contributed by atoms with Gasteiger partial charge in [0, 0.05) is 42.7 Å². The molecule has 2 N–H and O–H groups in total. The Morgan fingerprint density at radius 3 is 3.04 bits per heavy atom. The molecule has 1 aliphatic heterocycles. The van der Waals surface area contributed by atoms with Crippen LogP contribution in [-0.4, -0.2) is 54.9 Å². The molecule has 0 spiro atoms. The number of aromatic nitrogens is 4. The lowest BCUT2D eigenvalue weighted by atomic mass is 10.0. The molecule has 4 rings (SSSR count). The molecule has 7 nitrogen and oxygen atoms in total. The molecule has 0 aromatic carbocycles. The number of carbonyl (C=O) groups excluding carboxylic acids is 1. The fourth-order valence-corrected chi connectivity index (χ4v) is 3.31. The second-order valence-electron chi connectivity index (χ2n) is 6.40. The Morgan fingerprint density at radius 1 is 1.38 bits per heavy atom. The van der Waals surface area contributed by atoms with Gasteiger partial charge in [-0.05, 0) is 37.6 Å². The molecule has 1 aliphatic rings. The average Bonchev–Trinajstić information content (AvgIpc) is 3.27. The van der Waals surface area contributed by atoms with Gasteiger partial charge in [0.1, 0.15) is 0 Å². The second kappa shape index (κ2) is 5.76. The third kappa shape index (κ3) is 2.67. The summed E-state index contributed by atoms with van der Waals surface area (Å²) < 4.78 is 1.72. The van der Waals surface area contributed by atoms with Crippen LogP contribution in [0.2, 0.25) is 0 Å². The van der Waals surface area contributed by atoms with E-state index in [1.165, 1.54) is 0 Å². The van der Waals surface area contributed by atoms with E-state index in [9.17, 15) is 9.90 Å². The summed E-state index contributed by atoms with van der Waals surface area (Å²) in [5.41, 5.74) is 3.42. The van der Waals surface area contributed by atoms with Crippen molar-refractivity contribution in [3.63, 3.8) is 0 Å². The molecule has 1 amide bonds. The van der Waals surface area contributed by atoms with E-state index in [4.69, 9.17) is 0 Å². The number of aryl methyl sites for hydroxylation is 1. The highest BCUT2D eigenvalue weighted by molar-refractivity contribution is 5.95. The standard InChI is InChI=1S/C17H19N5O2/c1-11-6-14(20-19-11)7-13-9-21(10-16(13)23)17(24)12-3-5-22-15(8-12)2-4-18-22/h2-6,8,13,16,23H,7,9-10H2,1H3,(H,19,20)/t13-,16+/m1/s1. The number of hydrogen-bond acceptors (Lipinski definition) is 4. The Morgan fingerprint density at radius 2 is 2.25 bits per heavy atom. The predicted molar refractivity (Wildman–Crippen MR) is 87.6 cm³/mol. The molecule has 0 unspecified atom stereocenters. The van der Waals surface area contributed by atoms with E-state index in [2.05, 4.69) is 15.3 Å². The molecule has 1 fully saturated rings. The van der Waals surface area contributed by atoms with Gasteiger partial charge in [-0.3, -0.25) is 9.89 Å². The average molecular weight is 325 g/mol. The van der Waals surface area contributed by atoms with Gasteiger partial charge in [0.25, 0.3) is 5.91 Å². The molecule has 1 saturated heterocycles. The third-order valence-electron chi connectivity index (χ3n) is 4.57. The van der Waals surface area contributed by atoms with E-state index in [-0.39, 0.29) is 11.8 Å². The Kier molecular flexibility index (Phi) is 3.57. The Bertz CT molecular complexity index is 884. The molecule has 7 heteroatoms. The van der Waals surface area contributed by atoms with Gasteiger partial charge in [0.05, 0.1) is 17.3 Å². The summed E-state index contributed by atoms with van der Waals surface area (Å²) in [4.78, 5) is 14.4. The number of nitrogens with one attached hydrogen (secondary N) is 1. The summed E-state index contributed by atoms with van der Waals surface area (Å²) in [5, 5.41) is 21.6. The zero-order valence-electron chi connectivity index (χ0n) is 13.4. The van der Waals surface area contributed by atoms with E-state index in [1.54, 1.807) is 27.9 Å². The van der Waals surface area contributed by atoms with E-state index in [0.29, 0.717) is 25.1 Å². The largest absolute Gasteiger partial charge is 0.391 e. The van der Waals surface area contributed by atoms with Crippen LogP contribution < -0.4 is 0 Å². The molecule has 24 heavy (non-hydrogen) atoms. The summed E-state index contributed by atoms with van der Waals surface area (Å²) in [6.45, 7) is 2.84. The van der Waals surface area contributed by atoms with Crippen molar-refractivity contribution in [2.24, 2.45) is 5.92 Å². The summed E-state index contributed by atoms with van der Waals surface area (Å²) in [7, 11) is 0. The Hall–Kier alpha value is -2.67. The number of aromatic amines is 1. The topological polar surface area (TPSA) is 86.5 Å². The number of aliphatic hydroxyl groups excluding tert-OH is 1. The van der Waals surface area contributed by atoms with Crippen LogP contribution in [-0.2, 0) is 6.42 Å². The number of nitrogens with zero attached hydrogens (tertiary/aromatic N) is 4. The molecule has 3 aromatic rings. The SMILES string of the molecule is Cc1cc(C[C@@H]2CN(C(=O)c3ccn4nccc4c3)C[C@@H]2O)n[nH]1. The van der Waals surface area contributed by atoms with Crippen LogP contribution in [0.4, 0.5) is 0 Å². The number of fused-ring (bicyclic) bond motifs is 1. The zero-order valence-corrected chi connectivity index (χ0v) is 13.4. The number of aliphatic hydroxyl groups is 1. The smallest absolute Gasteiger partial charge is 0.254 e. The number of amides is 1. The van der Waals surface area contributed by atoms with E-state index in [1.807, 2.05) is 25.1 Å². The summed E-state index contributed by atoms with van der Waals surface area (Å²) >= 11 is 0. The van der Waals surface area contributed by atoms with Crippen molar-refractivity contribution >= 4 is 11.4 Å². The lowest BCUT2D eigenvalue weighted by Crippen LogP contribution is -2.29. The van der Waals surface area contributed by atoms with Crippen molar-refractivity contribution in [2.75, 3.05) is 13.1 Å². The van der Waals surface area contributed by atoms with Gasteiger partial charge in [-0.1, -0.05) is 0 Å². The first-order valence-corrected chi connectivity index (χ1v) is 8.02. The maximum atomic E-state index is 12.7. The van der Waals surface area contributed by atoms with Crippen LogP contribution in [0.5, 0.6) is 0 Å². The lowest BCUT2D eigenvalue weighted by Gasteiger charge is -2.16. The number of likely N-dealkylation sites (tertiary alicyclic amines) is 1. The molecular weight excluding hydrogens is 306 g/mol. The fourth-order valence-electron chi connectivity index (χ4n) is 3.31. The molecule has 0 aliphatic carbocycles. The van der Waals surface area contributed by atoms with Crippen molar-refractivity contribution in [3.05, 3.63) is 53.6 Å². The normalized spacial score (nSPS) is 20.8. The van der Waals surface area contributed by atoms with Crippen molar-refractivity contribution < 1.29 is 9.90 Å². The van der Waals surface area contributed by atoms with Gasteiger partial charge < -0.3 is 10.0 Å². The van der Waals surface area contributed by atoms with E-state index in [0.717, 1.165) is 16.9 Å². The first-order valence-electron chi connectivity index (χ1n) is 8.02. The third-order valence-corrected chi connectivity index (χ3v) is 4.57. The first-order chi connectivity index (χ1) is 11.6. The molecule has 0 bridgehead atoms. The highest BCUT2D eigenvalue weighted by Gasteiger charge is 2.34. The number of β-amino-alcohol motifs (C(OH)–C–C–N with tert-alkyl or cyclic N) is 1. The lowest BCUT2D eigenvalue weighted by molar-refractivity contribution is 0.0764. The monoisotopic (exact) mass is 325 g/mol. The summed E-state index contributed by atoms with van der Waals surface area (Å²) in [6, 6.07) is 7.42. The molecule has 2 atom stereocenters. The van der Waals surface area contributed by atoms with Crippen LogP contribution in [0.1, 0.15) is 21.7 Å². The fraction of sp³-hybridized carbons (Fsp3) is 0.353. The minimum absolute atomic E-state index is 0.00958. The molecule has 0 radical (unpaired) electrons. The van der Waals surface area contributed by atoms with Gasteiger partial charge >= 0.3 is 0 Å². The van der Waals surface area contributed by atoms with E-state index < -0.39 is 6.10 Å². The van der Waals surface area contributed by atoms with Crippen molar-refractivity contribution in [2.45, 2.75) is 19.4 Å². The molecule has 0 saturated carbocycles. The van der Waals surface area contributed by atoms with Crippen LogP contribution in [0.3, 0.4) is 0 Å². The number of rotatable bonds is 3. The van der Waals surface area contributed by atoms with Gasteiger partial charge in [0.15, 0.2) is 0 Å². The number of carbonyl (C=O) groups is 1. The predicted octanol–water partition coefficient (Wildman–Crippen LogP) is 1.04. The molecular formula is C17H19N5O2. The molecule has 4 heterocycles. The van der Waals surface area contributed by atoms with Gasteiger partial charge in [-0.15, -0.1) is 0 Å². The van der Waals surface area contributed by atoms with Crippen molar-refractivity contribution in [1.82, 2.24) is 24.7 Å². The second-order valence-corrected chi connectivity index (χ2v) is 6.40.